The Kier molecular flexibility index (Phi) is 3.82. The highest BCUT2D eigenvalue weighted by Crippen LogP contribution is 2.33. The van der Waals surface area contributed by atoms with Gasteiger partial charge in [-0.15, -0.1) is 0 Å². The highest BCUT2D eigenvalue weighted by molar-refractivity contribution is 9.10. The quantitative estimate of drug-likeness (QED) is 0.864. The second-order valence-electron chi connectivity index (χ2n) is 5.16. The highest BCUT2D eigenvalue weighted by atomic mass is 79.9. The molecule has 0 fully saturated rings. The molecule has 1 N–H and O–H groups in total. The second-order valence-corrected chi connectivity index (χ2v) is 7.73. The maximum Gasteiger partial charge on any atom is 0.262 e. The van der Waals surface area contributed by atoms with E-state index in [4.69, 9.17) is 0 Å². The molecule has 114 valence electrons. The summed E-state index contributed by atoms with van der Waals surface area (Å²) in [6, 6.07) is 9.82. The summed E-state index contributed by atoms with van der Waals surface area (Å²) in [6.07, 6.45) is 2.22. The summed E-state index contributed by atoms with van der Waals surface area (Å²) in [6.45, 7) is 1.96. The van der Waals surface area contributed by atoms with Crippen molar-refractivity contribution in [2.45, 2.75) is 13.3 Å². The predicted molar refractivity (Wildman–Crippen MR) is 89.5 cm³/mol. The Morgan fingerprint density at radius 1 is 1.18 bits per heavy atom. The monoisotopic (exact) mass is 381 g/mol. The maximum absolute atomic E-state index is 13.8. The van der Waals surface area contributed by atoms with Gasteiger partial charge in [0.15, 0.2) is 0 Å². The van der Waals surface area contributed by atoms with Crippen molar-refractivity contribution in [2.75, 3.05) is 4.72 Å². The summed E-state index contributed by atoms with van der Waals surface area (Å²) in [5, 5.41) is 0. The molecule has 0 aliphatic heterocycles. The zero-order valence-electron chi connectivity index (χ0n) is 11.7. The van der Waals surface area contributed by atoms with Crippen LogP contribution in [0, 0.1) is 12.7 Å². The van der Waals surface area contributed by atoms with Crippen molar-refractivity contribution in [3.8, 4) is 0 Å². The topological polar surface area (TPSA) is 46.2 Å². The Hall–Kier alpha value is -1.66. The van der Waals surface area contributed by atoms with Gasteiger partial charge in [0, 0.05) is 4.47 Å². The van der Waals surface area contributed by atoms with Crippen LogP contribution in [-0.2, 0) is 16.4 Å². The van der Waals surface area contributed by atoms with E-state index < -0.39 is 15.8 Å². The predicted octanol–water partition coefficient (Wildman–Crippen LogP) is 4.24. The third-order valence-electron chi connectivity index (χ3n) is 3.50. The van der Waals surface area contributed by atoms with Crippen molar-refractivity contribution in [3.63, 3.8) is 0 Å². The molecule has 0 saturated carbocycles. The summed E-state index contributed by atoms with van der Waals surface area (Å²) in [4.78, 5) is 0.199. The molecule has 0 unspecified atom stereocenters. The molecular formula is C16H13BrFNO2S. The number of allylic oxidation sites excluding steroid dienone is 1. The van der Waals surface area contributed by atoms with Crippen LogP contribution in [0.1, 0.15) is 16.7 Å². The maximum atomic E-state index is 13.8. The van der Waals surface area contributed by atoms with Crippen molar-refractivity contribution in [3.05, 3.63) is 69.5 Å². The number of nitrogens with one attached hydrogen (secondary N) is 1. The summed E-state index contributed by atoms with van der Waals surface area (Å²) >= 11 is 3.14. The lowest BCUT2D eigenvalue weighted by Crippen LogP contribution is -2.14. The van der Waals surface area contributed by atoms with Gasteiger partial charge in [0.25, 0.3) is 10.0 Å². The number of aryl methyl sites for hydroxylation is 1. The Morgan fingerprint density at radius 2 is 1.95 bits per heavy atom. The fraction of sp³-hybridized carbons (Fsp3) is 0.125. The molecule has 1 aliphatic rings. The van der Waals surface area contributed by atoms with Crippen LogP contribution >= 0.6 is 15.9 Å². The number of anilines is 1. The van der Waals surface area contributed by atoms with E-state index in [0.717, 1.165) is 11.1 Å². The normalized spacial score (nSPS) is 13.7. The SMILES string of the molecule is Cc1ccc2c(c1)CC=C2S(=O)(=O)Nc1ccc(Br)cc1F. The molecule has 0 radical (unpaired) electrons. The van der Waals surface area contributed by atoms with E-state index in [0.29, 0.717) is 16.5 Å². The standard InChI is InChI=1S/C16H13BrFNO2S/c1-10-2-5-13-11(8-10)3-7-16(13)22(20,21)19-15-6-4-12(17)9-14(15)18/h2,4-9,19H,3H2,1H3. The van der Waals surface area contributed by atoms with Crippen LogP contribution in [0.3, 0.4) is 0 Å². The first-order chi connectivity index (χ1) is 10.4. The lowest BCUT2D eigenvalue weighted by molar-refractivity contribution is 0.607. The van der Waals surface area contributed by atoms with Crippen LogP contribution in [-0.4, -0.2) is 8.42 Å². The van der Waals surface area contributed by atoms with Gasteiger partial charge in [-0.1, -0.05) is 45.8 Å². The van der Waals surface area contributed by atoms with Crippen LogP contribution in [0.15, 0.2) is 46.9 Å². The smallest absolute Gasteiger partial charge is 0.262 e. The second kappa shape index (κ2) is 5.52. The van der Waals surface area contributed by atoms with Crippen LogP contribution in [0.2, 0.25) is 0 Å². The van der Waals surface area contributed by atoms with Crippen molar-refractivity contribution < 1.29 is 12.8 Å². The summed E-state index contributed by atoms with van der Waals surface area (Å²) in [5.74, 6) is -0.624. The van der Waals surface area contributed by atoms with Crippen LogP contribution < -0.4 is 4.72 Å². The van der Waals surface area contributed by atoms with Crippen molar-refractivity contribution in [1.29, 1.82) is 0 Å². The molecule has 0 saturated heterocycles. The lowest BCUT2D eigenvalue weighted by Gasteiger charge is -2.11. The molecule has 0 heterocycles. The van der Waals surface area contributed by atoms with Gasteiger partial charge in [0.2, 0.25) is 0 Å². The number of hydrogen-bond donors (Lipinski definition) is 1. The first-order valence-electron chi connectivity index (χ1n) is 6.65. The van der Waals surface area contributed by atoms with E-state index in [1.54, 1.807) is 18.2 Å². The van der Waals surface area contributed by atoms with Crippen molar-refractivity contribution in [2.24, 2.45) is 0 Å². The molecule has 0 aromatic heterocycles. The van der Waals surface area contributed by atoms with E-state index in [2.05, 4.69) is 20.7 Å². The Labute approximate surface area is 137 Å². The minimum absolute atomic E-state index is 0.0651. The molecule has 22 heavy (non-hydrogen) atoms. The van der Waals surface area contributed by atoms with Gasteiger partial charge in [0.05, 0.1) is 10.6 Å². The van der Waals surface area contributed by atoms with Gasteiger partial charge in [-0.2, -0.15) is 0 Å². The number of benzene rings is 2. The lowest BCUT2D eigenvalue weighted by atomic mass is 10.1. The van der Waals surface area contributed by atoms with E-state index in [-0.39, 0.29) is 10.6 Å². The molecule has 3 nitrogen and oxygen atoms in total. The molecule has 0 spiro atoms. The van der Waals surface area contributed by atoms with Gasteiger partial charge < -0.3 is 0 Å². The average molecular weight is 382 g/mol. The van der Waals surface area contributed by atoms with E-state index in [1.165, 1.54) is 12.1 Å². The average Bonchev–Trinajstić information content (AvgIpc) is 2.85. The molecule has 2 aromatic rings. The molecule has 2 aromatic carbocycles. The van der Waals surface area contributed by atoms with Gasteiger partial charge in [-0.3, -0.25) is 4.72 Å². The Morgan fingerprint density at radius 3 is 2.68 bits per heavy atom. The minimum atomic E-state index is -3.82. The third-order valence-corrected chi connectivity index (χ3v) is 5.45. The first-order valence-corrected chi connectivity index (χ1v) is 8.92. The largest absolute Gasteiger partial charge is 0.277 e. The van der Waals surface area contributed by atoms with Gasteiger partial charge in [-0.25, -0.2) is 12.8 Å². The van der Waals surface area contributed by atoms with Gasteiger partial charge >= 0.3 is 0 Å². The molecule has 3 rings (SSSR count). The number of halogens is 2. The van der Waals surface area contributed by atoms with Crippen molar-refractivity contribution >= 4 is 36.5 Å². The Balaban J connectivity index is 1.96. The molecule has 0 atom stereocenters. The van der Waals surface area contributed by atoms with Gasteiger partial charge in [-0.05, 0) is 42.7 Å². The zero-order valence-corrected chi connectivity index (χ0v) is 14.1. The van der Waals surface area contributed by atoms with E-state index in [9.17, 15) is 12.8 Å². The highest BCUT2D eigenvalue weighted by Gasteiger charge is 2.26. The minimum Gasteiger partial charge on any atom is -0.277 e. The fourth-order valence-corrected chi connectivity index (χ4v) is 4.16. The molecular weight excluding hydrogens is 369 g/mol. The molecule has 1 aliphatic carbocycles. The molecule has 0 bridgehead atoms. The number of fused-ring (bicyclic) bond motifs is 1. The molecule has 0 amide bonds. The summed E-state index contributed by atoms with van der Waals surface area (Å²) in [5.41, 5.74) is 2.66. The van der Waals surface area contributed by atoms with Gasteiger partial charge in [0.1, 0.15) is 5.82 Å². The Bertz CT molecular complexity index is 891. The van der Waals surface area contributed by atoms with Crippen LogP contribution in [0.4, 0.5) is 10.1 Å². The number of sulfonamides is 1. The fourth-order valence-electron chi connectivity index (χ4n) is 2.47. The first kappa shape index (κ1) is 15.2. The third kappa shape index (κ3) is 2.80. The van der Waals surface area contributed by atoms with E-state index >= 15 is 0 Å². The summed E-state index contributed by atoms with van der Waals surface area (Å²) < 4.78 is 41.8. The van der Waals surface area contributed by atoms with E-state index in [1.807, 2.05) is 19.1 Å². The summed E-state index contributed by atoms with van der Waals surface area (Å²) in [7, 11) is -3.82. The van der Waals surface area contributed by atoms with Crippen LogP contribution in [0.25, 0.3) is 4.91 Å². The van der Waals surface area contributed by atoms with Crippen LogP contribution in [0.5, 0.6) is 0 Å². The number of rotatable bonds is 3. The van der Waals surface area contributed by atoms with Crippen molar-refractivity contribution in [1.82, 2.24) is 0 Å². The number of hydrogen-bond acceptors (Lipinski definition) is 2. The molecule has 6 heteroatoms. The zero-order chi connectivity index (χ0) is 15.9.